The van der Waals surface area contributed by atoms with Gasteiger partial charge in [0.1, 0.15) is 5.75 Å². The first-order valence-electron chi connectivity index (χ1n) is 7.79. The van der Waals surface area contributed by atoms with Gasteiger partial charge in [-0.3, -0.25) is 9.59 Å². The molecule has 1 aliphatic rings. The Morgan fingerprint density at radius 2 is 2.21 bits per heavy atom. The molecule has 0 radical (unpaired) electrons. The molecule has 2 heterocycles. The number of primary amides is 1. The van der Waals surface area contributed by atoms with E-state index in [4.69, 9.17) is 15.2 Å². The number of ether oxygens (including phenoxy) is 2. The quantitative estimate of drug-likeness (QED) is 0.862. The predicted octanol–water partition coefficient (Wildman–Crippen LogP) is 1.39. The number of pyridine rings is 1. The Kier molecular flexibility index (Phi) is 4.24. The van der Waals surface area contributed by atoms with Crippen molar-refractivity contribution < 1.29 is 19.1 Å². The molecule has 3 rings (SSSR count). The van der Waals surface area contributed by atoms with Crippen LogP contribution in [0.3, 0.4) is 0 Å². The maximum atomic E-state index is 11.7. The molecular formula is C17H19N3O4. The Bertz CT molecular complexity index is 804. The number of benzene rings is 1. The van der Waals surface area contributed by atoms with Crippen molar-refractivity contribution in [3.05, 3.63) is 30.0 Å². The van der Waals surface area contributed by atoms with Gasteiger partial charge in [0.05, 0.1) is 11.7 Å². The summed E-state index contributed by atoms with van der Waals surface area (Å²) in [5.41, 5.74) is 5.75. The highest BCUT2D eigenvalue weighted by Gasteiger charge is 2.27. The van der Waals surface area contributed by atoms with Crippen LogP contribution in [0.15, 0.2) is 24.4 Å². The third-order valence-corrected chi connectivity index (χ3v) is 3.71. The van der Waals surface area contributed by atoms with Crippen LogP contribution in [-0.4, -0.2) is 35.6 Å². The van der Waals surface area contributed by atoms with Gasteiger partial charge in [-0.1, -0.05) is 0 Å². The summed E-state index contributed by atoms with van der Waals surface area (Å²) in [6.45, 7) is 4.30. The van der Waals surface area contributed by atoms with Gasteiger partial charge in [0.15, 0.2) is 6.10 Å². The fourth-order valence-corrected chi connectivity index (χ4v) is 2.63. The molecule has 126 valence electrons. The Hall–Kier alpha value is -2.83. The van der Waals surface area contributed by atoms with E-state index in [2.05, 4.69) is 10.3 Å². The summed E-state index contributed by atoms with van der Waals surface area (Å²) in [6.07, 6.45) is 1.47. The summed E-state index contributed by atoms with van der Waals surface area (Å²) in [4.78, 5) is 27.6. The molecule has 24 heavy (non-hydrogen) atoms. The lowest BCUT2D eigenvalue weighted by Crippen LogP contribution is -2.28. The van der Waals surface area contributed by atoms with Crippen LogP contribution in [0, 0.1) is 0 Å². The van der Waals surface area contributed by atoms with E-state index < -0.39 is 12.0 Å². The molecule has 1 atom stereocenters. The molecule has 1 fully saturated rings. The van der Waals surface area contributed by atoms with Crippen LogP contribution in [0.5, 0.6) is 11.6 Å². The van der Waals surface area contributed by atoms with E-state index in [0.29, 0.717) is 35.5 Å². The van der Waals surface area contributed by atoms with Gasteiger partial charge in [0.25, 0.3) is 11.8 Å². The molecule has 2 amide bonds. The van der Waals surface area contributed by atoms with Gasteiger partial charge >= 0.3 is 0 Å². The third kappa shape index (κ3) is 3.10. The molecule has 7 nitrogen and oxygen atoms in total. The third-order valence-electron chi connectivity index (χ3n) is 3.71. The van der Waals surface area contributed by atoms with Crippen molar-refractivity contribution in [3.63, 3.8) is 0 Å². The highest BCUT2D eigenvalue weighted by atomic mass is 16.5. The number of hydrogen-bond acceptors (Lipinski definition) is 5. The van der Waals surface area contributed by atoms with E-state index in [-0.39, 0.29) is 12.0 Å². The second-order valence-electron chi connectivity index (χ2n) is 5.90. The smallest absolute Gasteiger partial charge is 0.261 e. The fraction of sp³-hybridized carbons (Fsp3) is 0.353. The molecule has 0 aliphatic carbocycles. The van der Waals surface area contributed by atoms with Crippen molar-refractivity contribution >= 4 is 22.6 Å². The number of nitrogens with zero attached hydrogens (tertiary/aromatic N) is 1. The predicted molar refractivity (Wildman–Crippen MR) is 88.1 cm³/mol. The zero-order valence-electron chi connectivity index (χ0n) is 13.5. The normalized spacial score (nSPS) is 17.1. The van der Waals surface area contributed by atoms with E-state index in [9.17, 15) is 9.59 Å². The van der Waals surface area contributed by atoms with Crippen LogP contribution in [0.1, 0.15) is 30.6 Å². The Labute approximate surface area is 139 Å². The van der Waals surface area contributed by atoms with Crippen LogP contribution < -0.4 is 20.5 Å². The molecule has 1 aromatic heterocycles. The molecule has 1 unspecified atom stereocenters. The molecular weight excluding hydrogens is 310 g/mol. The number of carbonyl (C=O) groups excluding carboxylic acids is 2. The molecule has 1 aromatic carbocycles. The van der Waals surface area contributed by atoms with Gasteiger partial charge < -0.3 is 20.5 Å². The van der Waals surface area contributed by atoms with Crippen LogP contribution in [-0.2, 0) is 4.79 Å². The summed E-state index contributed by atoms with van der Waals surface area (Å²) < 4.78 is 11.5. The molecule has 0 bridgehead atoms. The van der Waals surface area contributed by atoms with E-state index in [0.717, 1.165) is 5.39 Å². The van der Waals surface area contributed by atoms with Gasteiger partial charge in [0, 0.05) is 24.5 Å². The number of hydrogen-bond donors (Lipinski definition) is 2. The summed E-state index contributed by atoms with van der Waals surface area (Å²) in [6, 6.07) is 5.09. The summed E-state index contributed by atoms with van der Waals surface area (Å²) >= 11 is 0. The van der Waals surface area contributed by atoms with Crippen molar-refractivity contribution in [2.45, 2.75) is 32.5 Å². The molecule has 0 saturated carbocycles. The number of amides is 2. The van der Waals surface area contributed by atoms with Gasteiger partial charge in [-0.15, -0.1) is 0 Å². The first kappa shape index (κ1) is 16.0. The van der Waals surface area contributed by atoms with E-state index in [1.807, 2.05) is 13.8 Å². The lowest BCUT2D eigenvalue weighted by molar-refractivity contribution is -0.125. The molecule has 1 saturated heterocycles. The van der Waals surface area contributed by atoms with E-state index in [1.165, 1.54) is 0 Å². The van der Waals surface area contributed by atoms with E-state index >= 15 is 0 Å². The van der Waals surface area contributed by atoms with Crippen molar-refractivity contribution in [2.24, 2.45) is 5.73 Å². The first-order valence-corrected chi connectivity index (χ1v) is 7.79. The maximum Gasteiger partial charge on any atom is 0.261 e. The lowest BCUT2D eigenvalue weighted by atomic mass is 10.1. The van der Waals surface area contributed by atoms with Crippen molar-refractivity contribution in [3.8, 4) is 11.6 Å². The van der Waals surface area contributed by atoms with Gasteiger partial charge in [-0.05, 0) is 37.4 Å². The largest absolute Gasteiger partial charge is 0.490 e. The minimum atomic E-state index is -0.568. The van der Waals surface area contributed by atoms with Crippen molar-refractivity contribution in [1.82, 2.24) is 10.3 Å². The second-order valence-corrected chi connectivity index (χ2v) is 5.90. The zero-order chi connectivity index (χ0) is 17.3. The number of carbonyl (C=O) groups is 2. The fourth-order valence-electron chi connectivity index (χ4n) is 2.63. The number of rotatable bonds is 5. The highest BCUT2D eigenvalue weighted by molar-refractivity contribution is 6.01. The van der Waals surface area contributed by atoms with Crippen LogP contribution in [0.4, 0.5) is 0 Å². The minimum absolute atomic E-state index is 0.123. The van der Waals surface area contributed by atoms with Crippen molar-refractivity contribution in [1.29, 1.82) is 0 Å². The Balaban J connectivity index is 2.07. The summed E-state index contributed by atoms with van der Waals surface area (Å²) in [5, 5.41) is 4.13. The van der Waals surface area contributed by atoms with Crippen LogP contribution in [0.25, 0.3) is 10.8 Å². The number of fused-ring (bicyclic) bond motifs is 1. The van der Waals surface area contributed by atoms with E-state index in [1.54, 1.807) is 24.4 Å². The average Bonchev–Trinajstić information content (AvgIpc) is 2.91. The van der Waals surface area contributed by atoms with Crippen LogP contribution >= 0.6 is 0 Å². The number of nitrogens with two attached hydrogens (primary N) is 1. The van der Waals surface area contributed by atoms with Gasteiger partial charge in [-0.25, -0.2) is 4.98 Å². The molecule has 2 aromatic rings. The van der Waals surface area contributed by atoms with Gasteiger partial charge in [-0.2, -0.15) is 0 Å². The second kappa shape index (κ2) is 6.35. The van der Waals surface area contributed by atoms with Crippen molar-refractivity contribution in [2.75, 3.05) is 6.54 Å². The highest BCUT2D eigenvalue weighted by Crippen LogP contribution is 2.32. The summed E-state index contributed by atoms with van der Waals surface area (Å²) in [5.74, 6) is -0.0129. The molecule has 7 heteroatoms. The van der Waals surface area contributed by atoms with Gasteiger partial charge in [0.2, 0.25) is 5.88 Å². The SMILES string of the molecule is CC(C)Oc1cc2c(OC3CCNC3=O)nccc2cc1C(N)=O. The zero-order valence-corrected chi connectivity index (χ0v) is 13.5. The lowest BCUT2D eigenvalue weighted by Gasteiger charge is -2.16. The molecule has 1 aliphatic heterocycles. The monoisotopic (exact) mass is 329 g/mol. The standard InChI is InChI=1S/C17H19N3O4/c1-9(2)23-14-8-11-10(7-12(14)15(18)21)3-5-20-17(11)24-13-4-6-19-16(13)22/h3,5,7-9,13H,4,6H2,1-2H3,(H2,18,21)(H,19,22). The minimum Gasteiger partial charge on any atom is -0.490 e. The Morgan fingerprint density at radius 1 is 1.42 bits per heavy atom. The topological polar surface area (TPSA) is 104 Å². The average molecular weight is 329 g/mol. The number of nitrogens with one attached hydrogen (secondary N) is 1. The summed E-state index contributed by atoms with van der Waals surface area (Å²) in [7, 11) is 0. The van der Waals surface area contributed by atoms with Crippen LogP contribution in [0.2, 0.25) is 0 Å². The first-order chi connectivity index (χ1) is 11.5. The number of aromatic nitrogens is 1. The molecule has 3 N–H and O–H groups in total. The Morgan fingerprint density at radius 3 is 2.83 bits per heavy atom. The maximum absolute atomic E-state index is 11.7. The molecule has 0 spiro atoms.